The SMILES string of the molecule is CCN(c1cccc(Br)c1C#N)C1CCCNC1. The Hall–Kier alpha value is -1.05. The molecule has 0 bridgehead atoms. The summed E-state index contributed by atoms with van der Waals surface area (Å²) in [5, 5.41) is 12.8. The van der Waals surface area contributed by atoms with Crippen molar-refractivity contribution in [2.24, 2.45) is 0 Å². The van der Waals surface area contributed by atoms with Gasteiger partial charge in [-0.05, 0) is 54.4 Å². The number of piperidine rings is 1. The number of rotatable bonds is 3. The number of nitrogens with one attached hydrogen (secondary N) is 1. The maximum absolute atomic E-state index is 9.32. The predicted octanol–water partition coefficient (Wildman–Crippen LogP) is 2.90. The Labute approximate surface area is 117 Å². The molecule has 1 aliphatic heterocycles. The van der Waals surface area contributed by atoms with E-state index in [1.165, 1.54) is 12.8 Å². The van der Waals surface area contributed by atoms with Crippen LogP contribution in [0.25, 0.3) is 0 Å². The van der Waals surface area contributed by atoms with Crippen LogP contribution < -0.4 is 10.2 Å². The Morgan fingerprint density at radius 3 is 3.00 bits per heavy atom. The van der Waals surface area contributed by atoms with Gasteiger partial charge in [0.05, 0.1) is 11.3 Å². The molecule has 0 radical (unpaired) electrons. The van der Waals surface area contributed by atoms with Crippen LogP contribution in [-0.4, -0.2) is 25.7 Å². The lowest BCUT2D eigenvalue weighted by atomic mass is 10.0. The zero-order valence-electron chi connectivity index (χ0n) is 10.6. The normalized spacial score (nSPS) is 19.3. The molecule has 2 rings (SSSR count). The smallest absolute Gasteiger partial charge is 0.103 e. The molecule has 1 saturated heterocycles. The molecule has 0 saturated carbocycles. The molecule has 1 fully saturated rings. The van der Waals surface area contributed by atoms with Crippen molar-refractivity contribution >= 4 is 21.6 Å². The summed E-state index contributed by atoms with van der Waals surface area (Å²) in [4.78, 5) is 2.34. The average Bonchev–Trinajstić information content (AvgIpc) is 2.41. The molecule has 1 N–H and O–H groups in total. The summed E-state index contributed by atoms with van der Waals surface area (Å²) in [5.74, 6) is 0. The third kappa shape index (κ3) is 2.68. The lowest BCUT2D eigenvalue weighted by Crippen LogP contribution is -2.46. The molecule has 0 amide bonds. The highest BCUT2D eigenvalue weighted by molar-refractivity contribution is 9.10. The van der Waals surface area contributed by atoms with Gasteiger partial charge in [-0.25, -0.2) is 0 Å². The van der Waals surface area contributed by atoms with Crippen LogP contribution in [0.4, 0.5) is 5.69 Å². The summed E-state index contributed by atoms with van der Waals surface area (Å²) in [5.41, 5.74) is 1.79. The Morgan fingerprint density at radius 2 is 2.39 bits per heavy atom. The number of nitriles is 1. The van der Waals surface area contributed by atoms with Crippen molar-refractivity contribution in [3.8, 4) is 6.07 Å². The Balaban J connectivity index is 2.32. The van der Waals surface area contributed by atoms with Gasteiger partial charge in [0, 0.05) is 23.6 Å². The second-order valence-corrected chi connectivity index (χ2v) is 5.39. The fraction of sp³-hybridized carbons (Fsp3) is 0.500. The molecule has 0 aliphatic carbocycles. The molecule has 1 aromatic carbocycles. The highest BCUT2D eigenvalue weighted by Gasteiger charge is 2.22. The first kappa shape index (κ1) is 13.4. The van der Waals surface area contributed by atoms with Gasteiger partial charge in [0.2, 0.25) is 0 Å². The molecular formula is C14H18BrN3. The van der Waals surface area contributed by atoms with Gasteiger partial charge in [-0.15, -0.1) is 0 Å². The van der Waals surface area contributed by atoms with Gasteiger partial charge in [-0.2, -0.15) is 5.26 Å². The minimum Gasteiger partial charge on any atom is -0.366 e. The van der Waals surface area contributed by atoms with Crippen molar-refractivity contribution in [3.05, 3.63) is 28.2 Å². The molecule has 0 spiro atoms. The van der Waals surface area contributed by atoms with Crippen LogP contribution in [0.5, 0.6) is 0 Å². The van der Waals surface area contributed by atoms with Gasteiger partial charge in [-0.1, -0.05) is 6.07 Å². The molecule has 4 heteroatoms. The van der Waals surface area contributed by atoms with Crippen molar-refractivity contribution in [2.75, 3.05) is 24.5 Å². The van der Waals surface area contributed by atoms with Crippen LogP contribution >= 0.6 is 15.9 Å². The van der Waals surface area contributed by atoms with Gasteiger partial charge in [0.25, 0.3) is 0 Å². The van der Waals surface area contributed by atoms with Gasteiger partial charge in [-0.3, -0.25) is 0 Å². The predicted molar refractivity (Wildman–Crippen MR) is 77.8 cm³/mol. The lowest BCUT2D eigenvalue weighted by molar-refractivity contribution is 0.435. The molecule has 1 aliphatic rings. The maximum atomic E-state index is 9.32. The molecule has 1 atom stereocenters. The number of nitrogens with zero attached hydrogens (tertiary/aromatic N) is 2. The van der Waals surface area contributed by atoms with Crippen LogP contribution in [0.15, 0.2) is 22.7 Å². The lowest BCUT2D eigenvalue weighted by Gasteiger charge is -2.36. The molecule has 1 aromatic rings. The van der Waals surface area contributed by atoms with Crippen molar-refractivity contribution in [2.45, 2.75) is 25.8 Å². The average molecular weight is 308 g/mol. The number of hydrogen-bond acceptors (Lipinski definition) is 3. The van der Waals surface area contributed by atoms with Crippen molar-refractivity contribution < 1.29 is 0 Å². The van der Waals surface area contributed by atoms with Crippen LogP contribution in [0.2, 0.25) is 0 Å². The molecular weight excluding hydrogens is 290 g/mol. The van der Waals surface area contributed by atoms with Crippen molar-refractivity contribution in [1.82, 2.24) is 5.32 Å². The van der Waals surface area contributed by atoms with Crippen LogP contribution in [0, 0.1) is 11.3 Å². The molecule has 1 heterocycles. The maximum Gasteiger partial charge on any atom is 0.103 e. The van der Waals surface area contributed by atoms with E-state index in [1.807, 2.05) is 18.2 Å². The third-order valence-electron chi connectivity index (χ3n) is 3.47. The zero-order valence-corrected chi connectivity index (χ0v) is 12.2. The first-order chi connectivity index (χ1) is 8.77. The largest absolute Gasteiger partial charge is 0.366 e. The summed E-state index contributed by atoms with van der Waals surface area (Å²) in [7, 11) is 0. The van der Waals surface area contributed by atoms with E-state index in [0.29, 0.717) is 6.04 Å². The third-order valence-corrected chi connectivity index (χ3v) is 4.13. The van der Waals surface area contributed by atoms with Gasteiger partial charge >= 0.3 is 0 Å². The Morgan fingerprint density at radius 1 is 1.56 bits per heavy atom. The number of halogens is 1. The van der Waals surface area contributed by atoms with E-state index in [0.717, 1.165) is 35.4 Å². The molecule has 18 heavy (non-hydrogen) atoms. The Bertz CT molecular complexity index is 447. The molecule has 0 aromatic heterocycles. The van der Waals surface area contributed by atoms with Crippen molar-refractivity contribution in [3.63, 3.8) is 0 Å². The second-order valence-electron chi connectivity index (χ2n) is 4.53. The summed E-state index contributed by atoms with van der Waals surface area (Å²) >= 11 is 3.46. The van der Waals surface area contributed by atoms with Gasteiger partial charge in [0.15, 0.2) is 0 Å². The van der Waals surface area contributed by atoms with Crippen LogP contribution in [0.3, 0.4) is 0 Å². The van der Waals surface area contributed by atoms with E-state index in [9.17, 15) is 5.26 Å². The Kier molecular flexibility index (Phi) is 4.62. The van der Waals surface area contributed by atoms with Gasteiger partial charge in [0.1, 0.15) is 6.07 Å². The van der Waals surface area contributed by atoms with E-state index in [2.05, 4.69) is 39.1 Å². The van der Waals surface area contributed by atoms with Gasteiger partial charge < -0.3 is 10.2 Å². The summed E-state index contributed by atoms with van der Waals surface area (Å²) in [6, 6.07) is 8.77. The monoisotopic (exact) mass is 307 g/mol. The van der Waals surface area contributed by atoms with E-state index >= 15 is 0 Å². The second kappa shape index (κ2) is 6.21. The quantitative estimate of drug-likeness (QED) is 0.933. The first-order valence-electron chi connectivity index (χ1n) is 6.44. The van der Waals surface area contributed by atoms with Crippen LogP contribution in [0.1, 0.15) is 25.3 Å². The fourth-order valence-corrected chi connectivity index (χ4v) is 3.03. The number of benzene rings is 1. The van der Waals surface area contributed by atoms with E-state index in [-0.39, 0.29) is 0 Å². The highest BCUT2D eigenvalue weighted by Crippen LogP contribution is 2.29. The topological polar surface area (TPSA) is 39.1 Å². The summed E-state index contributed by atoms with van der Waals surface area (Å²) in [6.45, 7) is 5.19. The van der Waals surface area contributed by atoms with E-state index < -0.39 is 0 Å². The number of likely N-dealkylation sites (N-methyl/N-ethyl adjacent to an activating group) is 1. The van der Waals surface area contributed by atoms with Crippen molar-refractivity contribution in [1.29, 1.82) is 5.26 Å². The number of hydrogen-bond donors (Lipinski definition) is 1. The van der Waals surface area contributed by atoms with E-state index in [4.69, 9.17) is 0 Å². The minimum atomic E-state index is 0.491. The first-order valence-corrected chi connectivity index (χ1v) is 7.23. The molecule has 96 valence electrons. The summed E-state index contributed by atoms with van der Waals surface area (Å²) in [6.07, 6.45) is 2.40. The summed E-state index contributed by atoms with van der Waals surface area (Å²) < 4.78 is 0.879. The van der Waals surface area contributed by atoms with E-state index in [1.54, 1.807) is 0 Å². The van der Waals surface area contributed by atoms with Crippen LogP contribution in [-0.2, 0) is 0 Å². The minimum absolute atomic E-state index is 0.491. The zero-order chi connectivity index (χ0) is 13.0. The highest BCUT2D eigenvalue weighted by atomic mass is 79.9. The molecule has 3 nitrogen and oxygen atoms in total. The fourth-order valence-electron chi connectivity index (χ4n) is 2.59. The standard InChI is InChI=1S/C14H18BrN3/c1-2-18(11-5-4-8-17-10-11)14-7-3-6-13(15)12(14)9-16/h3,6-7,11,17H,2,4-5,8,10H2,1H3. The molecule has 1 unspecified atom stereocenters. The number of anilines is 1.